The average Bonchev–Trinajstić information content (AvgIpc) is 2.94. The highest BCUT2D eigenvalue weighted by molar-refractivity contribution is 6.30. The first kappa shape index (κ1) is 14.8. The molecule has 1 fully saturated rings. The molecular weight excluding hydrogens is 304 g/mol. The minimum absolute atomic E-state index is 0.0762. The van der Waals surface area contributed by atoms with E-state index in [0.717, 1.165) is 25.9 Å². The molecule has 0 atom stereocenters. The summed E-state index contributed by atoms with van der Waals surface area (Å²) in [6.45, 7) is 1.59. The van der Waals surface area contributed by atoms with Crippen LogP contribution in [0.25, 0.3) is 0 Å². The summed E-state index contributed by atoms with van der Waals surface area (Å²) < 4.78 is 1.81. The SMILES string of the molecule is Cn1cc(C2CCN(c3ccc(Cl)cc3[N+](=O)[O-])CC2)cn1. The number of benzene rings is 1. The third-order valence-corrected chi connectivity index (χ3v) is 4.40. The quantitative estimate of drug-likeness (QED) is 0.642. The van der Waals surface area contributed by atoms with Crippen molar-refractivity contribution in [1.29, 1.82) is 0 Å². The number of nitrogens with zero attached hydrogens (tertiary/aromatic N) is 4. The zero-order valence-electron chi connectivity index (χ0n) is 12.3. The Morgan fingerprint density at radius 2 is 2.09 bits per heavy atom. The van der Waals surface area contributed by atoms with Crippen LogP contribution in [-0.2, 0) is 7.05 Å². The molecule has 0 spiro atoms. The second-order valence-electron chi connectivity index (χ2n) is 5.60. The van der Waals surface area contributed by atoms with E-state index in [4.69, 9.17) is 11.6 Å². The minimum atomic E-state index is -0.367. The lowest BCUT2D eigenvalue weighted by molar-refractivity contribution is -0.384. The van der Waals surface area contributed by atoms with Crippen molar-refractivity contribution in [3.8, 4) is 0 Å². The molecule has 0 unspecified atom stereocenters. The summed E-state index contributed by atoms with van der Waals surface area (Å²) in [5.74, 6) is 0.469. The number of nitro groups is 1. The third kappa shape index (κ3) is 2.92. The Hall–Kier alpha value is -2.08. The Morgan fingerprint density at radius 3 is 2.68 bits per heavy atom. The topological polar surface area (TPSA) is 64.2 Å². The van der Waals surface area contributed by atoms with Gasteiger partial charge in [0.2, 0.25) is 0 Å². The van der Waals surface area contributed by atoms with Gasteiger partial charge in [-0.3, -0.25) is 14.8 Å². The number of aryl methyl sites for hydroxylation is 1. The number of hydrogen-bond acceptors (Lipinski definition) is 4. The van der Waals surface area contributed by atoms with Crippen molar-refractivity contribution in [2.45, 2.75) is 18.8 Å². The highest BCUT2D eigenvalue weighted by Crippen LogP contribution is 2.35. The highest BCUT2D eigenvalue weighted by atomic mass is 35.5. The zero-order chi connectivity index (χ0) is 15.7. The fourth-order valence-corrected chi connectivity index (χ4v) is 3.18. The van der Waals surface area contributed by atoms with Crippen LogP contribution in [0.1, 0.15) is 24.3 Å². The van der Waals surface area contributed by atoms with Crippen LogP contribution in [0, 0.1) is 10.1 Å². The number of piperidine rings is 1. The molecule has 2 aromatic rings. The molecule has 2 heterocycles. The van der Waals surface area contributed by atoms with Crippen molar-refractivity contribution >= 4 is 23.0 Å². The molecule has 0 aliphatic carbocycles. The molecule has 0 bridgehead atoms. The molecule has 0 radical (unpaired) electrons. The van der Waals surface area contributed by atoms with E-state index in [2.05, 4.69) is 10.00 Å². The van der Waals surface area contributed by atoms with E-state index in [-0.39, 0.29) is 10.6 Å². The van der Waals surface area contributed by atoms with Crippen molar-refractivity contribution in [3.05, 3.63) is 51.3 Å². The van der Waals surface area contributed by atoms with Crippen molar-refractivity contribution < 1.29 is 4.92 Å². The first-order chi connectivity index (χ1) is 10.5. The van der Waals surface area contributed by atoms with Crippen LogP contribution in [0.4, 0.5) is 11.4 Å². The number of hydrogen-bond donors (Lipinski definition) is 0. The molecular formula is C15H17ClN4O2. The van der Waals surface area contributed by atoms with E-state index in [1.54, 1.807) is 12.1 Å². The van der Waals surface area contributed by atoms with Gasteiger partial charge in [-0.25, -0.2) is 0 Å². The van der Waals surface area contributed by atoms with Gasteiger partial charge >= 0.3 is 0 Å². The zero-order valence-corrected chi connectivity index (χ0v) is 13.0. The summed E-state index contributed by atoms with van der Waals surface area (Å²) in [7, 11) is 1.91. The second-order valence-corrected chi connectivity index (χ2v) is 6.04. The van der Waals surface area contributed by atoms with Gasteiger partial charge in [-0.05, 0) is 36.5 Å². The fourth-order valence-electron chi connectivity index (χ4n) is 3.01. The number of halogens is 1. The van der Waals surface area contributed by atoms with Crippen LogP contribution in [0.5, 0.6) is 0 Å². The Balaban J connectivity index is 1.75. The molecule has 1 aliphatic heterocycles. The molecule has 116 valence electrons. The van der Waals surface area contributed by atoms with E-state index in [0.29, 0.717) is 16.6 Å². The van der Waals surface area contributed by atoms with Gasteiger partial charge in [-0.15, -0.1) is 0 Å². The Kier molecular flexibility index (Phi) is 4.02. The number of aromatic nitrogens is 2. The third-order valence-electron chi connectivity index (χ3n) is 4.17. The molecule has 6 nitrogen and oxygen atoms in total. The van der Waals surface area contributed by atoms with Crippen molar-refractivity contribution in [1.82, 2.24) is 9.78 Å². The van der Waals surface area contributed by atoms with E-state index in [9.17, 15) is 10.1 Å². The summed E-state index contributed by atoms with van der Waals surface area (Å²) in [5.41, 5.74) is 1.97. The predicted molar refractivity (Wildman–Crippen MR) is 85.5 cm³/mol. The van der Waals surface area contributed by atoms with Crippen molar-refractivity contribution in [2.24, 2.45) is 7.05 Å². The molecule has 22 heavy (non-hydrogen) atoms. The smallest absolute Gasteiger partial charge is 0.294 e. The molecule has 0 N–H and O–H groups in total. The lowest BCUT2D eigenvalue weighted by atomic mass is 9.91. The molecule has 1 aromatic carbocycles. The summed E-state index contributed by atoms with van der Waals surface area (Å²) in [6, 6.07) is 4.87. The first-order valence-corrected chi connectivity index (χ1v) is 7.60. The molecule has 3 rings (SSSR count). The lowest BCUT2D eigenvalue weighted by Crippen LogP contribution is -2.33. The second kappa shape index (κ2) is 5.96. The Labute approximate surface area is 133 Å². The van der Waals surface area contributed by atoms with Crippen molar-refractivity contribution in [3.63, 3.8) is 0 Å². The van der Waals surface area contributed by atoms with Crippen molar-refractivity contribution in [2.75, 3.05) is 18.0 Å². The molecule has 0 amide bonds. The van der Waals surface area contributed by atoms with Gasteiger partial charge in [0, 0.05) is 37.4 Å². The largest absolute Gasteiger partial charge is 0.366 e. The van der Waals surface area contributed by atoms with Gasteiger partial charge in [0.05, 0.1) is 11.1 Å². The summed E-state index contributed by atoms with van der Waals surface area (Å²) in [6.07, 6.45) is 5.88. The Bertz CT molecular complexity index is 693. The normalized spacial score (nSPS) is 16.0. The summed E-state index contributed by atoms with van der Waals surface area (Å²) in [5, 5.41) is 15.8. The molecule has 1 aromatic heterocycles. The highest BCUT2D eigenvalue weighted by Gasteiger charge is 2.26. The number of anilines is 1. The molecule has 1 aliphatic rings. The van der Waals surface area contributed by atoms with Gasteiger partial charge in [-0.2, -0.15) is 5.10 Å². The average molecular weight is 321 g/mol. The molecule has 1 saturated heterocycles. The summed E-state index contributed by atoms with van der Waals surface area (Å²) in [4.78, 5) is 12.9. The van der Waals surface area contributed by atoms with Gasteiger partial charge in [0.15, 0.2) is 0 Å². The number of nitro benzene ring substituents is 1. The van der Waals surface area contributed by atoms with Crippen LogP contribution in [0.2, 0.25) is 5.02 Å². The standard InChI is InChI=1S/C15H17ClN4O2/c1-18-10-12(9-17-18)11-4-6-19(7-5-11)14-3-2-13(16)8-15(14)20(21)22/h2-3,8-11H,4-7H2,1H3. The minimum Gasteiger partial charge on any atom is -0.366 e. The first-order valence-electron chi connectivity index (χ1n) is 7.22. The van der Waals surface area contributed by atoms with Crippen LogP contribution in [0.15, 0.2) is 30.6 Å². The van der Waals surface area contributed by atoms with Gasteiger partial charge in [0.25, 0.3) is 5.69 Å². The fraction of sp³-hybridized carbons (Fsp3) is 0.400. The van der Waals surface area contributed by atoms with Gasteiger partial charge < -0.3 is 4.90 Å². The summed E-state index contributed by atoms with van der Waals surface area (Å²) >= 11 is 5.87. The monoisotopic (exact) mass is 320 g/mol. The maximum absolute atomic E-state index is 11.2. The maximum atomic E-state index is 11.2. The van der Waals surface area contributed by atoms with E-state index in [1.165, 1.54) is 11.6 Å². The van der Waals surface area contributed by atoms with E-state index < -0.39 is 0 Å². The molecule has 0 saturated carbocycles. The predicted octanol–water partition coefficient (Wildman–Crippen LogP) is 3.37. The van der Waals surface area contributed by atoms with E-state index in [1.807, 2.05) is 24.1 Å². The van der Waals surface area contributed by atoms with Crippen LogP contribution < -0.4 is 4.90 Å². The maximum Gasteiger partial charge on any atom is 0.294 e. The van der Waals surface area contributed by atoms with Gasteiger partial charge in [0.1, 0.15) is 5.69 Å². The van der Waals surface area contributed by atoms with Crippen LogP contribution in [-0.4, -0.2) is 27.8 Å². The van der Waals surface area contributed by atoms with E-state index >= 15 is 0 Å². The van der Waals surface area contributed by atoms with Crippen LogP contribution in [0.3, 0.4) is 0 Å². The molecule has 7 heteroatoms. The lowest BCUT2D eigenvalue weighted by Gasteiger charge is -2.33. The number of rotatable bonds is 3. The van der Waals surface area contributed by atoms with Gasteiger partial charge in [-0.1, -0.05) is 11.6 Å². The Morgan fingerprint density at radius 1 is 1.36 bits per heavy atom. The van der Waals surface area contributed by atoms with Crippen LogP contribution >= 0.6 is 11.6 Å².